The van der Waals surface area contributed by atoms with E-state index in [-0.39, 0.29) is 23.8 Å². The SMILES string of the molecule is Cn1nnnc1SCCNC(=O)C1CCN(C(=O)[C@H]2CCCO2)CC1. The van der Waals surface area contributed by atoms with Crippen LogP contribution in [0.1, 0.15) is 25.7 Å². The zero-order valence-corrected chi connectivity index (χ0v) is 15.2. The second-order valence-electron chi connectivity index (χ2n) is 6.33. The molecule has 2 aliphatic rings. The number of nitrogens with zero attached hydrogens (tertiary/aromatic N) is 5. The van der Waals surface area contributed by atoms with Gasteiger partial charge in [0.2, 0.25) is 11.1 Å². The Bertz CT molecular complexity index is 596. The molecule has 0 saturated carbocycles. The fourth-order valence-electron chi connectivity index (χ4n) is 3.14. The molecule has 138 valence electrons. The van der Waals surface area contributed by atoms with Gasteiger partial charge in [0.25, 0.3) is 5.91 Å². The summed E-state index contributed by atoms with van der Waals surface area (Å²) in [5, 5.41) is 14.9. The van der Waals surface area contributed by atoms with Crippen LogP contribution in [0.2, 0.25) is 0 Å². The highest BCUT2D eigenvalue weighted by atomic mass is 32.2. The second kappa shape index (κ2) is 8.61. The van der Waals surface area contributed by atoms with Gasteiger partial charge >= 0.3 is 0 Å². The Morgan fingerprint density at radius 3 is 2.76 bits per heavy atom. The van der Waals surface area contributed by atoms with Crippen LogP contribution >= 0.6 is 11.8 Å². The minimum absolute atomic E-state index is 0.0185. The molecule has 2 fully saturated rings. The number of hydrogen-bond donors (Lipinski definition) is 1. The zero-order valence-electron chi connectivity index (χ0n) is 14.4. The highest BCUT2D eigenvalue weighted by Crippen LogP contribution is 2.21. The average molecular weight is 368 g/mol. The van der Waals surface area contributed by atoms with Crippen molar-refractivity contribution in [2.45, 2.75) is 36.9 Å². The molecule has 2 aliphatic heterocycles. The first-order chi connectivity index (χ1) is 12.1. The number of carbonyl (C=O) groups excluding carboxylic acids is 2. The topological polar surface area (TPSA) is 102 Å². The summed E-state index contributed by atoms with van der Waals surface area (Å²) in [6, 6.07) is 0. The average Bonchev–Trinajstić information content (AvgIpc) is 3.30. The standard InChI is InChI=1S/C15H24N6O3S/c1-20-15(17-18-19-20)25-10-6-16-13(22)11-4-7-21(8-5-11)14(23)12-3-2-9-24-12/h11-12H,2-10H2,1H3,(H,16,22)/t12-/m1/s1. The molecule has 1 N–H and O–H groups in total. The van der Waals surface area contributed by atoms with Gasteiger partial charge in [-0.1, -0.05) is 11.8 Å². The van der Waals surface area contributed by atoms with Gasteiger partial charge in [-0.3, -0.25) is 9.59 Å². The number of aryl methyl sites for hydroxylation is 1. The van der Waals surface area contributed by atoms with Gasteiger partial charge in [0, 0.05) is 45.0 Å². The molecule has 1 aromatic rings. The van der Waals surface area contributed by atoms with Crippen LogP contribution in [0.3, 0.4) is 0 Å². The number of nitrogens with one attached hydrogen (secondary N) is 1. The highest BCUT2D eigenvalue weighted by Gasteiger charge is 2.32. The predicted molar refractivity (Wildman–Crippen MR) is 90.8 cm³/mol. The van der Waals surface area contributed by atoms with E-state index >= 15 is 0 Å². The van der Waals surface area contributed by atoms with Crippen LogP contribution in [0.4, 0.5) is 0 Å². The van der Waals surface area contributed by atoms with Crippen LogP contribution in [-0.2, 0) is 21.4 Å². The minimum Gasteiger partial charge on any atom is -0.368 e. The third-order valence-electron chi connectivity index (χ3n) is 4.60. The molecule has 3 heterocycles. The molecule has 2 amide bonds. The summed E-state index contributed by atoms with van der Waals surface area (Å²) in [5.74, 6) is 0.858. The fourth-order valence-corrected chi connectivity index (χ4v) is 3.85. The van der Waals surface area contributed by atoms with Gasteiger partial charge in [0.1, 0.15) is 6.10 Å². The number of piperidine rings is 1. The van der Waals surface area contributed by atoms with Crippen molar-refractivity contribution < 1.29 is 14.3 Å². The van der Waals surface area contributed by atoms with Crippen LogP contribution in [0, 0.1) is 5.92 Å². The highest BCUT2D eigenvalue weighted by molar-refractivity contribution is 7.99. The van der Waals surface area contributed by atoms with E-state index in [2.05, 4.69) is 20.8 Å². The maximum atomic E-state index is 12.3. The van der Waals surface area contributed by atoms with Crippen molar-refractivity contribution in [3.63, 3.8) is 0 Å². The molecular formula is C15H24N6O3S. The van der Waals surface area contributed by atoms with Gasteiger partial charge in [-0.05, 0) is 36.1 Å². The van der Waals surface area contributed by atoms with Crippen molar-refractivity contribution >= 4 is 23.6 Å². The molecule has 0 radical (unpaired) electrons. The molecule has 0 unspecified atom stereocenters. The number of aromatic nitrogens is 4. The summed E-state index contributed by atoms with van der Waals surface area (Å²) in [6.07, 6.45) is 2.93. The molecule has 1 atom stereocenters. The summed E-state index contributed by atoms with van der Waals surface area (Å²) >= 11 is 1.51. The van der Waals surface area contributed by atoms with Crippen molar-refractivity contribution in [2.24, 2.45) is 13.0 Å². The molecule has 25 heavy (non-hydrogen) atoms. The number of carbonyl (C=O) groups is 2. The van der Waals surface area contributed by atoms with E-state index in [0.29, 0.717) is 39.1 Å². The number of amides is 2. The number of ether oxygens (including phenoxy) is 1. The second-order valence-corrected chi connectivity index (χ2v) is 7.39. The van der Waals surface area contributed by atoms with Gasteiger partial charge < -0.3 is 15.0 Å². The van der Waals surface area contributed by atoms with Crippen LogP contribution in [0.25, 0.3) is 0 Å². The Kier molecular flexibility index (Phi) is 6.24. The lowest BCUT2D eigenvalue weighted by Gasteiger charge is -2.32. The normalized spacial score (nSPS) is 21.5. The Hall–Kier alpha value is -1.68. The van der Waals surface area contributed by atoms with Gasteiger partial charge in [0.05, 0.1) is 0 Å². The molecule has 1 aromatic heterocycles. The molecule has 0 aromatic carbocycles. The lowest BCUT2D eigenvalue weighted by atomic mass is 9.95. The number of tetrazole rings is 1. The first kappa shape index (κ1) is 18.1. The number of hydrogen-bond acceptors (Lipinski definition) is 7. The molecule has 2 saturated heterocycles. The van der Waals surface area contributed by atoms with E-state index in [9.17, 15) is 9.59 Å². The minimum atomic E-state index is -0.266. The summed E-state index contributed by atoms with van der Waals surface area (Å²) in [4.78, 5) is 26.4. The monoisotopic (exact) mass is 368 g/mol. The van der Waals surface area contributed by atoms with Crippen LogP contribution in [-0.4, -0.2) is 75.0 Å². The number of rotatable bonds is 6. The van der Waals surface area contributed by atoms with E-state index < -0.39 is 0 Å². The van der Waals surface area contributed by atoms with Gasteiger partial charge in [-0.25, -0.2) is 4.68 Å². The third kappa shape index (κ3) is 4.69. The smallest absolute Gasteiger partial charge is 0.251 e. The van der Waals surface area contributed by atoms with E-state index in [1.807, 2.05) is 4.90 Å². The maximum absolute atomic E-state index is 12.3. The molecular weight excluding hydrogens is 344 g/mol. The fraction of sp³-hybridized carbons (Fsp3) is 0.800. The van der Waals surface area contributed by atoms with Gasteiger partial charge in [0.15, 0.2) is 0 Å². The third-order valence-corrected chi connectivity index (χ3v) is 5.61. The van der Waals surface area contributed by atoms with Crippen molar-refractivity contribution in [3.8, 4) is 0 Å². The Balaban J connectivity index is 1.34. The van der Waals surface area contributed by atoms with E-state index in [1.165, 1.54) is 11.8 Å². The van der Waals surface area contributed by atoms with Crippen molar-refractivity contribution in [1.29, 1.82) is 0 Å². The molecule has 0 aliphatic carbocycles. The first-order valence-electron chi connectivity index (χ1n) is 8.68. The Labute approximate surface area is 150 Å². The lowest BCUT2D eigenvalue weighted by molar-refractivity contribution is -0.143. The largest absolute Gasteiger partial charge is 0.368 e. The molecule has 0 bridgehead atoms. The van der Waals surface area contributed by atoms with Crippen LogP contribution in [0.15, 0.2) is 5.16 Å². The van der Waals surface area contributed by atoms with E-state index in [0.717, 1.165) is 23.8 Å². The molecule has 10 heteroatoms. The quantitative estimate of drug-likeness (QED) is 0.550. The van der Waals surface area contributed by atoms with Crippen LogP contribution < -0.4 is 5.32 Å². The Morgan fingerprint density at radius 2 is 2.12 bits per heavy atom. The van der Waals surface area contributed by atoms with Crippen molar-refractivity contribution in [1.82, 2.24) is 30.4 Å². The number of thioether (sulfide) groups is 1. The van der Waals surface area contributed by atoms with Crippen molar-refractivity contribution in [2.75, 3.05) is 32.0 Å². The summed E-state index contributed by atoms with van der Waals surface area (Å²) in [5.41, 5.74) is 0. The zero-order chi connectivity index (χ0) is 17.6. The summed E-state index contributed by atoms with van der Waals surface area (Å²) in [6.45, 7) is 2.52. The van der Waals surface area contributed by atoms with E-state index in [4.69, 9.17) is 4.74 Å². The van der Waals surface area contributed by atoms with Crippen molar-refractivity contribution in [3.05, 3.63) is 0 Å². The maximum Gasteiger partial charge on any atom is 0.251 e. The molecule has 0 spiro atoms. The van der Waals surface area contributed by atoms with E-state index in [1.54, 1.807) is 11.7 Å². The summed E-state index contributed by atoms with van der Waals surface area (Å²) in [7, 11) is 1.78. The first-order valence-corrected chi connectivity index (χ1v) is 9.67. The van der Waals surface area contributed by atoms with Gasteiger partial charge in [-0.2, -0.15) is 0 Å². The lowest BCUT2D eigenvalue weighted by Crippen LogP contribution is -2.46. The molecule has 9 nitrogen and oxygen atoms in total. The predicted octanol–water partition coefficient (Wildman–Crippen LogP) is -0.164. The Morgan fingerprint density at radius 1 is 1.32 bits per heavy atom. The number of likely N-dealkylation sites (tertiary alicyclic amines) is 1. The summed E-state index contributed by atoms with van der Waals surface area (Å²) < 4.78 is 7.06. The van der Waals surface area contributed by atoms with Crippen LogP contribution in [0.5, 0.6) is 0 Å². The van der Waals surface area contributed by atoms with Gasteiger partial charge in [-0.15, -0.1) is 5.10 Å². The molecule has 3 rings (SSSR count).